The van der Waals surface area contributed by atoms with Crippen molar-refractivity contribution in [2.75, 3.05) is 18.4 Å². The Balaban J connectivity index is 1.86. The summed E-state index contributed by atoms with van der Waals surface area (Å²) in [6.07, 6.45) is 1.70. The average Bonchev–Trinajstić information content (AvgIpc) is 2.54. The van der Waals surface area contributed by atoms with Gasteiger partial charge in [0.15, 0.2) is 0 Å². The molecule has 1 atom stereocenters. The molecule has 1 saturated heterocycles. The van der Waals surface area contributed by atoms with E-state index in [-0.39, 0.29) is 17.9 Å². The van der Waals surface area contributed by atoms with E-state index in [2.05, 4.69) is 15.6 Å². The van der Waals surface area contributed by atoms with Gasteiger partial charge in [-0.05, 0) is 18.1 Å². The summed E-state index contributed by atoms with van der Waals surface area (Å²) in [6.45, 7) is 4.85. The van der Waals surface area contributed by atoms with Crippen molar-refractivity contribution in [3.63, 3.8) is 0 Å². The van der Waals surface area contributed by atoms with Crippen molar-refractivity contribution < 1.29 is 9.59 Å². The Kier molecular flexibility index (Phi) is 4.14. The molecule has 6 heteroatoms. The van der Waals surface area contributed by atoms with Crippen LogP contribution in [0.1, 0.15) is 13.8 Å². The van der Waals surface area contributed by atoms with Gasteiger partial charge in [-0.1, -0.05) is 32.0 Å². The predicted molar refractivity (Wildman–Crippen MR) is 89.1 cm³/mol. The van der Waals surface area contributed by atoms with Crippen LogP contribution in [-0.2, 0) is 4.79 Å². The van der Waals surface area contributed by atoms with Gasteiger partial charge in [-0.2, -0.15) is 0 Å². The molecule has 0 radical (unpaired) electrons. The second-order valence-corrected chi connectivity index (χ2v) is 5.98. The zero-order valence-corrected chi connectivity index (χ0v) is 13.2. The van der Waals surface area contributed by atoms with Gasteiger partial charge in [0, 0.05) is 24.7 Å². The Hall–Kier alpha value is -2.63. The summed E-state index contributed by atoms with van der Waals surface area (Å²) in [6, 6.07) is 8.73. The second kappa shape index (κ2) is 6.24. The van der Waals surface area contributed by atoms with Gasteiger partial charge in [0.05, 0.1) is 11.2 Å². The maximum atomic E-state index is 12.7. The molecule has 3 rings (SSSR count). The van der Waals surface area contributed by atoms with Crippen LogP contribution < -0.4 is 10.6 Å². The number of pyridine rings is 1. The number of urea groups is 1. The fourth-order valence-corrected chi connectivity index (χ4v) is 2.97. The third-order valence-corrected chi connectivity index (χ3v) is 4.02. The van der Waals surface area contributed by atoms with Crippen LogP contribution in [-0.4, -0.2) is 41.0 Å². The second-order valence-electron chi connectivity index (χ2n) is 5.98. The lowest BCUT2D eigenvalue weighted by Gasteiger charge is -2.37. The van der Waals surface area contributed by atoms with Crippen molar-refractivity contribution in [3.8, 4) is 0 Å². The highest BCUT2D eigenvalue weighted by Gasteiger charge is 2.35. The lowest BCUT2D eigenvalue weighted by Crippen LogP contribution is -2.60. The number of amides is 3. The van der Waals surface area contributed by atoms with E-state index in [0.717, 1.165) is 10.9 Å². The first-order valence-electron chi connectivity index (χ1n) is 7.77. The number of anilines is 1. The highest BCUT2D eigenvalue weighted by Crippen LogP contribution is 2.22. The first-order valence-corrected chi connectivity index (χ1v) is 7.77. The molecule has 1 fully saturated rings. The van der Waals surface area contributed by atoms with Crippen LogP contribution >= 0.6 is 0 Å². The SMILES string of the molecule is CC(C)[C@H]1C(=O)NCCN1C(=O)Nc1cccc2cccnc12. The lowest BCUT2D eigenvalue weighted by molar-refractivity contribution is -0.129. The molecule has 2 N–H and O–H groups in total. The molecule has 0 bridgehead atoms. The van der Waals surface area contributed by atoms with Crippen LogP contribution in [0.4, 0.5) is 10.5 Å². The van der Waals surface area contributed by atoms with E-state index in [1.807, 2.05) is 44.2 Å². The number of hydrogen-bond donors (Lipinski definition) is 2. The van der Waals surface area contributed by atoms with E-state index in [1.54, 1.807) is 11.1 Å². The van der Waals surface area contributed by atoms with Crippen LogP contribution in [0.3, 0.4) is 0 Å². The number of rotatable bonds is 2. The van der Waals surface area contributed by atoms with Crippen molar-refractivity contribution in [2.24, 2.45) is 5.92 Å². The van der Waals surface area contributed by atoms with Gasteiger partial charge in [-0.25, -0.2) is 4.79 Å². The van der Waals surface area contributed by atoms with Gasteiger partial charge < -0.3 is 15.5 Å². The molecule has 1 aromatic carbocycles. The predicted octanol–water partition coefficient (Wildman–Crippen LogP) is 2.22. The molecule has 6 nitrogen and oxygen atoms in total. The number of carbonyl (C=O) groups is 2. The summed E-state index contributed by atoms with van der Waals surface area (Å²) >= 11 is 0. The number of aromatic nitrogens is 1. The van der Waals surface area contributed by atoms with Crippen LogP contribution in [0, 0.1) is 5.92 Å². The first kappa shape index (κ1) is 15.3. The van der Waals surface area contributed by atoms with E-state index in [4.69, 9.17) is 0 Å². The fourth-order valence-electron chi connectivity index (χ4n) is 2.97. The number of nitrogens with one attached hydrogen (secondary N) is 2. The number of carbonyl (C=O) groups excluding carboxylic acids is 2. The highest BCUT2D eigenvalue weighted by atomic mass is 16.2. The summed E-state index contributed by atoms with van der Waals surface area (Å²) in [4.78, 5) is 30.7. The maximum absolute atomic E-state index is 12.7. The molecule has 3 amide bonds. The van der Waals surface area contributed by atoms with Crippen molar-refractivity contribution in [2.45, 2.75) is 19.9 Å². The first-order chi connectivity index (χ1) is 11.1. The van der Waals surface area contributed by atoms with E-state index in [9.17, 15) is 9.59 Å². The normalized spacial score (nSPS) is 18.1. The summed E-state index contributed by atoms with van der Waals surface area (Å²) in [5.74, 6) is -0.0517. The molecule has 1 aliphatic rings. The summed E-state index contributed by atoms with van der Waals surface area (Å²) < 4.78 is 0. The minimum Gasteiger partial charge on any atom is -0.353 e. The van der Waals surface area contributed by atoms with Crippen LogP contribution in [0.5, 0.6) is 0 Å². The third-order valence-electron chi connectivity index (χ3n) is 4.02. The fraction of sp³-hybridized carbons (Fsp3) is 0.353. The Morgan fingerprint density at radius 1 is 1.35 bits per heavy atom. The molecule has 0 aliphatic carbocycles. The topological polar surface area (TPSA) is 74.3 Å². The number of nitrogens with zero attached hydrogens (tertiary/aromatic N) is 2. The summed E-state index contributed by atoms with van der Waals surface area (Å²) in [7, 11) is 0. The highest BCUT2D eigenvalue weighted by molar-refractivity contribution is 6.01. The molecule has 2 heterocycles. The van der Waals surface area contributed by atoms with Gasteiger partial charge in [0.2, 0.25) is 5.91 Å². The van der Waals surface area contributed by atoms with Gasteiger partial charge in [-0.15, -0.1) is 0 Å². The number of hydrogen-bond acceptors (Lipinski definition) is 3. The van der Waals surface area contributed by atoms with Gasteiger partial charge in [0.1, 0.15) is 6.04 Å². The van der Waals surface area contributed by atoms with E-state index in [0.29, 0.717) is 18.8 Å². The van der Waals surface area contributed by atoms with Gasteiger partial charge in [0.25, 0.3) is 0 Å². The lowest BCUT2D eigenvalue weighted by atomic mass is 10.00. The molecule has 23 heavy (non-hydrogen) atoms. The number of benzene rings is 1. The molecular formula is C17H20N4O2. The van der Waals surface area contributed by atoms with Crippen molar-refractivity contribution in [1.82, 2.24) is 15.2 Å². The van der Waals surface area contributed by atoms with E-state index in [1.165, 1.54) is 0 Å². The van der Waals surface area contributed by atoms with Crippen molar-refractivity contribution in [3.05, 3.63) is 36.5 Å². The molecule has 0 saturated carbocycles. The standard InChI is InChI=1S/C17H20N4O2/c1-11(2)15-16(22)19-9-10-21(15)17(23)20-13-7-3-5-12-6-4-8-18-14(12)13/h3-8,11,15H,9-10H2,1-2H3,(H,19,22)(H,20,23)/t15-/m0/s1. The van der Waals surface area contributed by atoms with Crippen molar-refractivity contribution in [1.29, 1.82) is 0 Å². The van der Waals surface area contributed by atoms with Gasteiger partial charge >= 0.3 is 6.03 Å². The maximum Gasteiger partial charge on any atom is 0.322 e. The zero-order chi connectivity index (χ0) is 16.4. The Morgan fingerprint density at radius 2 is 2.13 bits per heavy atom. The van der Waals surface area contributed by atoms with Crippen LogP contribution in [0.25, 0.3) is 10.9 Å². The Morgan fingerprint density at radius 3 is 2.91 bits per heavy atom. The van der Waals surface area contributed by atoms with Crippen LogP contribution in [0.15, 0.2) is 36.5 Å². The van der Waals surface area contributed by atoms with Gasteiger partial charge in [-0.3, -0.25) is 9.78 Å². The average molecular weight is 312 g/mol. The van der Waals surface area contributed by atoms with E-state index >= 15 is 0 Å². The molecule has 0 spiro atoms. The zero-order valence-electron chi connectivity index (χ0n) is 13.2. The molecule has 1 aromatic heterocycles. The largest absolute Gasteiger partial charge is 0.353 e. The summed E-state index contributed by atoms with van der Waals surface area (Å²) in [5, 5.41) is 6.68. The van der Waals surface area contributed by atoms with E-state index < -0.39 is 6.04 Å². The monoisotopic (exact) mass is 312 g/mol. The minimum atomic E-state index is -0.452. The minimum absolute atomic E-state index is 0.0479. The number of piperazine rings is 1. The molecule has 2 aromatic rings. The number of para-hydroxylation sites is 1. The molecular weight excluding hydrogens is 292 g/mol. The Bertz CT molecular complexity index is 739. The number of fused-ring (bicyclic) bond motifs is 1. The molecule has 120 valence electrons. The molecule has 0 unspecified atom stereocenters. The van der Waals surface area contributed by atoms with Crippen LogP contribution in [0.2, 0.25) is 0 Å². The quantitative estimate of drug-likeness (QED) is 0.893. The Labute approximate surface area is 134 Å². The smallest absolute Gasteiger partial charge is 0.322 e. The summed E-state index contributed by atoms with van der Waals surface area (Å²) in [5.41, 5.74) is 1.40. The molecule has 1 aliphatic heterocycles. The van der Waals surface area contributed by atoms with Crippen molar-refractivity contribution >= 4 is 28.5 Å². The third kappa shape index (κ3) is 2.97.